The lowest BCUT2D eigenvalue weighted by atomic mass is 10.3. The topological polar surface area (TPSA) is 21.1 Å². The zero-order chi connectivity index (χ0) is 6.10. The van der Waals surface area contributed by atoms with Gasteiger partial charge in [-0.3, -0.25) is 4.68 Å². The molecule has 0 unspecified atom stereocenters. The van der Waals surface area contributed by atoms with Gasteiger partial charge in [-0.05, 0) is 6.42 Å². The molecule has 9 heavy (non-hydrogen) atoms. The van der Waals surface area contributed by atoms with E-state index in [4.69, 9.17) is 0 Å². The maximum absolute atomic E-state index is 3.95. The number of rotatable bonds is 1. The molecule has 1 fully saturated rings. The van der Waals surface area contributed by atoms with Crippen LogP contribution in [0.1, 0.15) is 6.42 Å². The van der Waals surface area contributed by atoms with Gasteiger partial charge in [0.15, 0.2) is 0 Å². The van der Waals surface area contributed by atoms with Crippen molar-refractivity contribution in [2.24, 2.45) is 0 Å². The number of hydrogen-bond acceptors (Lipinski definition) is 2. The molecule has 1 saturated heterocycles. The fraction of sp³-hybridized carbons (Fsp3) is 0.500. The van der Waals surface area contributed by atoms with Gasteiger partial charge < -0.3 is 5.01 Å². The maximum atomic E-state index is 3.95. The molecule has 2 heterocycles. The van der Waals surface area contributed by atoms with Gasteiger partial charge in [0.05, 0.1) is 0 Å². The minimum absolute atomic E-state index is 1.18. The molecule has 3 heteroatoms. The molecule has 0 saturated carbocycles. The molecule has 0 radical (unpaired) electrons. The number of aromatic nitrogens is 2. The second-order valence-corrected chi connectivity index (χ2v) is 2.25. The molecule has 0 aliphatic carbocycles. The van der Waals surface area contributed by atoms with Crippen LogP contribution in [-0.2, 0) is 0 Å². The highest BCUT2D eigenvalue weighted by molar-refractivity contribution is 4.95. The summed E-state index contributed by atoms with van der Waals surface area (Å²) in [5, 5.41) is 2.24. The molecule has 1 aromatic rings. The van der Waals surface area contributed by atoms with Gasteiger partial charge in [0.25, 0.3) is 0 Å². The van der Waals surface area contributed by atoms with Crippen LogP contribution in [0, 0.1) is 0 Å². The Morgan fingerprint density at radius 2 is 2.22 bits per heavy atom. The third kappa shape index (κ3) is 0.686. The zero-order valence-corrected chi connectivity index (χ0v) is 5.20. The molecule has 1 aliphatic heterocycles. The Morgan fingerprint density at radius 1 is 1.33 bits per heavy atom. The normalized spacial score (nSPS) is 17.6. The van der Waals surface area contributed by atoms with Crippen molar-refractivity contribution in [3.63, 3.8) is 0 Å². The quantitative estimate of drug-likeness (QED) is 0.533. The molecule has 0 amide bonds. The number of imidazole rings is 1. The fourth-order valence-electron chi connectivity index (χ4n) is 0.950. The first-order chi connectivity index (χ1) is 4.47. The van der Waals surface area contributed by atoms with Crippen LogP contribution in [0.4, 0.5) is 0 Å². The van der Waals surface area contributed by atoms with Crippen molar-refractivity contribution in [1.82, 2.24) is 9.66 Å². The first kappa shape index (κ1) is 4.85. The highest BCUT2D eigenvalue weighted by atomic mass is 15.6. The van der Waals surface area contributed by atoms with Gasteiger partial charge in [0, 0.05) is 25.5 Å². The summed E-state index contributed by atoms with van der Waals surface area (Å²) in [6, 6.07) is 0. The van der Waals surface area contributed by atoms with Crippen LogP contribution >= 0.6 is 0 Å². The summed E-state index contributed by atoms with van der Waals surface area (Å²) in [5.41, 5.74) is 0. The van der Waals surface area contributed by atoms with Gasteiger partial charge in [-0.1, -0.05) is 0 Å². The molecule has 1 aliphatic rings. The Morgan fingerprint density at radius 3 is 2.67 bits per heavy atom. The second kappa shape index (κ2) is 1.76. The Hall–Kier alpha value is -0.990. The van der Waals surface area contributed by atoms with E-state index >= 15 is 0 Å². The van der Waals surface area contributed by atoms with E-state index in [0.29, 0.717) is 0 Å². The largest absolute Gasteiger partial charge is 0.312 e. The summed E-state index contributed by atoms with van der Waals surface area (Å²) >= 11 is 0. The summed E-state index contributed by atoms with van der Waals surface area (Å²) in [5.74, 6) is 0. The highest BCUT2D eigenvalue weighted by Gasteiger charge is 2.12. The van der Waals surface area contributed by atoms with Crippen LogP contribution in [0.2, 0.25) is 0 Å². The van der Waals surface area contributed by atoms with Gasteiger partial charge in [-0.15, -0.1) is 0 Å². The lowest BCUT2D eigenvalue weighted by molar-refractivity contribution is 0.470. The Balaban J connectivity index is 2.14. The van der Waals surface area contributed by atoms with Crippen molar-refractivity contribution in [3.8, 4) is 0 Å². The molecular weight excluding hydrogens is 114 g/mol. The van der Waals surface area contributed by atoms with Crippen molar-refractivity contribution < 1.29 is 0 Å². The average Bonchev–Trinajstić information content (AvgIpc) is 2.11. The molecule has 1 aromatic heterocycles. The van der Waals surface area contributed by atoms with Crippen LogP contribution < -0.4 is 5.01 Å². The fourth-order valence-corrected chi connectivity index (χ4v) is 0.950. The van der Waals surface area contributed by atoms with Crippen LogP contribution in [0.3, 0.4) is 0 Å². The number of nitrogens with zero attached hydrogens (tertiary/aromatic N) is 3. The molecule has 0 N–H and O–H groups in total. The van der Waals surface area contributed by atoms with Gasteiger partial charge in [0.2, 0.25) is 0 Å². The predicted octanol–water partition coefficient (Wildman–Crippen LogP) is 0.225. The van der Waals surface area contributed by atoms with Crippen molar-refractivity contribution in [2.45, 2.75) is 6.42 Å². The first-order valence-corrected chi connectivity index (χ1v) is 3.20. The van der Waals surface area contributed by atoms with Crippen LogP contribution in [0.5, 0.6) is 0 Å². The predicted molar refractivity (Wildman–Crippen MR) is 34.8 cm³/mol. The highest BCUT2D eigenvalue weighted by Crippen LogP contribution is 2.03. The molecule has 3 nitrogen and oxygen atoms in total. The van der Waals surface area contributed by atoms with Gasteiger partial charge in [-0.2, -0.15) is 0 Å². The standard InChI is InChI=1S/C6H9N3/c1-3-8(4-1)9-5-2-7-6-9/h2,5-6H,1,3-4H2. The smallest absolute Gasteiger partial charge is 0.114 e. The summed E-state index contributed by atoms with van der Waals surface area (Å²) in [6.45, 7) is 2.35. The van der Waals surface area contributed by atoms with E-state index in [1.807, 2.05) is 17.2 Å². The van der Waals surface area contributed by atoms with E-state index in [1.165, 1.54) is 19.5 Å². The van der Waals surface area contributed by atoms with E-state index in [9.17, 15) is 0 Å². The summed E-state index contributed by atoms with van der Waals surface area (Å²) < 4.78 is 2.03. The first-order valence-electron chi connectivity index (χ1n) is 3.20. The van der Waals surface area contributed by atoms with E-state index in [0.717, 1.165) is 0 Å². The summed E-state index contributed by atoms with van der Waals surface area (Å²) in [6.07, 6.45) is 6.93. The van der Waals surface area contributed by atoms with E-state index in [1.54, 1.807) is 6.20 Å². The second-order valence-electron chi connectivity index (χ2n) is 2.25. The Labute approximate surface area is 53.9 Å². The molecule has 48 valence electrons. The Bertz CT molecular complexity index is 176. The average molecular weight is 123 g/mol. The third-order valence-electron chi connectivity index (χ3n) is 1.65. The van der Waals surface area contributed by atoms with E-state index in [-0.39, 0.29) is 0 Å². The van der Waals surface area contributed by atoms with Gasteiger partial charge in [0.1, 0.15) is 6.33 Å². The van der Waals surface area contributed by atoms with Crippen LogP contribution in [-0.4, -0.2) is 22.7 Å². The third-order valence-corrected chi connectivity index (χ3v) is 1.65. The van der Waals surface area contributed by atoms with Crippen molar-refractivity contribution in [2.75, 3.05) is 18.1 Å². The van der Waals surface area contributed by atoms with Gasteiger partial charge >= 0.3 is 0 Å². The van der Waals surface area contributed by atoms with E-state index < -0.39 is 0 Å². The molecule has 0 bridgehead atoms. The number of hydrogen-bond donors (Lipinski definition) is 0. The molecule has 0 spiro atoms. The molecular formula is C6H9N3. The lowest BCUT2D eigenvalue weighted by Crippen LogP contribution is -2.44. The molecule has 0 aromatic carbocycles. The van der Waals surface area contributed by atoms with E-state index in [2.05, 4.69) is 9.99 Å². The SMILES string of the molecule is c1cn(N2CCC2)cn1. The van der Waals surface area contributed by atoms with Crippen molar-refractivity contribution >= 4 is 0 Å². The molecule has 2 rings (SSSR count). The van der Waals surface area contributed by atoms with Crippen molar-refractivity contribution in [1.29, 1.82) is 0 Å². The summed E-state index contributed by atoms with van der Waals surface area (Å²) in [7, 11) is 0. The maximum Gasteiger partial charge on any atom is 0.114 e. The zero-order valence-electron chi connectivity index (χ0n) is 5.20. The molecule has 0 atom stereocenters. The minimum Gasteiger partial charge on any atom is -0.312 e. The minimum atomic E-state index is 1.18. The van der Waals surface area contributed by atoms with Gasteiger partial charge in [-0.25, -0.2) is 4.98 Å². The van der Waals surface area contributed by atoms with Crippen LogP contribution in [0.25, 0.3) is 0 Å². The lowest BCUT2D eigenvalue weighted by Gasteiger charge is -2.33. The monoisotopic (exact) mass is 123 g/mol. The Kier molecular flexibility index (Phi) is 0.946. The van der Waals surface area contributed by atoms with Crippen LogP contribution in [0.15, 0.2) is 18.7 Å². The summed E-state index contributed by atoms with van der Waals surface area (Å²) in [4.78, 5) is 3.95. The van der Waals surface area contributed by atoms with Crippen molar-refractivity contribution in [3.05, 3.63) is 18.7 Å².